The first-order chi connectivity index (χ1) is 6.34. The highest BCUT2D eigenvalue weighted by molar-refractivity contribution is 5.23. The Kier molecular flexibility index (Phi) is 1.95. The molecule has 0 bridgehead atoms. The molecule has 0 spiro atoms. The summed E-state index contributed by atoms with van der Waals surface area (Å²) in [6, 6.07) is 1.77. The number of hydrogen-bond acceptors (Lipinski definition) is 4. The first kappa shape index (κ1) is 7.78. The molecule has 0 aromatic carbocycles. The van der Waals surface area contributed by atoms with Crippen molar-refractivity contribution in [1.29, 1.82) is 0 Å². The third-order valence-corrected chi connectivity index (χ3v) is 1.69. The van der Waals surface area contributed by atoms with Gasteiger partial charge in [-0.3, -0.25) is 9.36 Å². The molecule has 0 aliphatic rings. The van der Waals surface area contributed by atoms with E-state index in [-0.39, 0.29) is 0 Å². The fraction of sp³-hybridized carbons (Fsp3) is 0.286. The molecule has 0 aliphatic heterocycles. The summed E-state index contributed by atoms with van der Waals surface area (Å²) in [4.78, 5) is 3.84. The average Bonchev–Trinajstić information content (AvgIpc) is 2.71. The molecule has 0 saturated heterocycles. The Morgan fingerprint density at radius 3 is 2.77 bits per heavy atom. The molecule has 0 saturated carbocycles. The lowest BCUT2D eigenvalue weighted by Crippen LogP contribution is -2.08. The average molecular weight is 178 g/mol. The zero-order valence-corrected chi connectivity index (χ0v) is 7.04. The number of rotatable bonds is 3. The third kappa shape index (κ3) is 1.84. The number of anilines is 1. The fourth-order valence-electron chi connectivity index (χ4n) is 1.06. The lowest BCUT2D eigenvalue weighted by atomic mass is 10.6. The molecule has 6 nitrogen and oxygen atoms in total. The van der Waals surface area contributed by atoms with Crippen LogP contribution in [0.3, 0.4) is 0 Å². The lowest BCUT2D eigenvalue weighted by Gasteiger charge is -2.00. The van der Waals surface area contributed by atoms with Crippen LogP contribution in [-0.4, -0.2) is 24.5 Å². The first-order valence-corrected chi connectivity index (χ1v) is 3.96. The van der Waals surface area contributed by atoms with Crippen LogP contribution < -0.4 is 5.73 Å². The maximum absolute atomic E-state index is 5.46. The summed E-state index contributed by atoms with van der Waals surface area (Å²) < 4.78 is 3.52. The van der Waals surface area contributed by atoms with Gasteiger partial charge in [-0.05, 0) is 6.07 Å². The van der Waals surface area contributed by atoms with Gasteiger partial charge in [-0.1, -0.05) is 0 Å². The van der Waals surface area contributed by atoms with Crippen molar-refractivity contribution in [2.75, 3.05) is 5.73 Å². The number of aryl methyl sites for hydroxylation is 2. The minimum absolute atomic E-state index is 0.540. The van der Waals surface area contributed by atoms with Crippen LogP contribution in [0.4, 0.5) is 5.82 Å². The van der Waals surface area contributed by atoms with Crippen molar-refractivity contribution in [2.24, 2.45) is 0 Å². The predicted molar refractivity (Wildman–Crippen MR) is 46.7 cm³/mol. The fourth-order valence-corrected chi connectivity index (χ4v) is 1.06. The van der Waals surface area contributed by atoms with E-state index in [1.165, 1.54) is 6.33 Å². The Morgan fingerprint density at radius 2 is 2.15 bits per heavy atom. The van der Waals surface area contributed by atoms with Crippen molar-refractivity contribution in [1.82, 2.24) is 24.5 Å². The third-order valence-electron chi connectivity index (χ3n) is 1.69. The van der Waals surface area contributed by atoms with Crippen molar-refractivity contribution in [3.8, 4) is 0 Å². The summed E-state index contributed by atoms with van der Waals surface area (Å²) in [5.74, 6) is 0.540. The summed E-state index contributed by atoms with van der Waals surface area (Å²) >= 11 is 0. The molecule has 0 fully saturated rings. The van der Waals surface area contributed by atoms with Crippen LogP contribution in [0.15, 0.2) is 24.9 Å². The summed E-state index contributed by atoms with van der Waals surface area (Å²) in [6.07, 6.45) is 5.02. The Morgan fingerprint density at radius 1 is 1.31 bits per heavy atom. The number of aromatic nitrogens is 5. The zero-order chi connectivity index (χ0) is 9.10. The van der Waals surface area contributed by atoms with E-state index in [9.17, 15) is 0 Å². The van der Waals surface area contributed by atoms with E-state index in [4.69, 9.17) is 5.73 Å². The van der Waals surface area contributed by atoms with Gasteiger partial charge >= 0.3 is 0 Å². The maximum Gasteiger partial charge on any atom is 0.145 e. The van der Waals surface area contributed by atoms with Crippen LogP contribution >= 0.6 is 0 Å². The minimum Gasteiger partial charge on any atom is -0.382 e. The van der Waals surface area contributed by atoms with Gasteiger partial charge in [0.05, 0.1) is 13.1 Å². The molecule has 0 aliphatic carbocycles. The molecular formula is C7H10N6. The normalized spacial score (nSPS) is 10.5. The Balaban J connectivity index is 1.93. The first-order valence-electron chi connectivity index (χ1n) is 3.96. The minimum atomic E-state index is 0.540. The van der Waals surface area contributed by atoms with Gasteiger partial charge in [0.25, 0.3) is 0 Å². The molecule has 2 rings (SSSR count). The monoisotopic (exact) mass is 178 g/mol. The van der Waals surface area contributed by atoms with E-state index in [1.54, 1.807) is 21.8 Å². The van der Waals surface area contributed by atoms with Crippen LogP contribution in [-0.2, 0) is 13.1 Å². The standard InChI is InChI=1S/C7H10N6/c8-7-1-2-12(11-7)3-4-13-6-9-5-10-13/h1-2,5-6H,3-4H2,(H2,8,11). The van der Waals surface area contributed by atoms with Crippen LogP contribution in [0.1, 0.15) is 0 Å². The van der Waals surface area contributed by atoms with Gasteiger partial charge in [0, 0.05) is 6.20 Å². The molecule has 2 aromatic heterocycles. The van der Waals surface area contributed by atoms with Gasteiger partial charge in [-0.25, -0.2) is 4.98 Å². The van der Waals surface area contributed by atoms with Crippen LogP contribution in [0, 0.1) is 0 Å². The molecule has 0 atom stereocenters. The second kappa shape index (κ2) is 3.26. The molecule has 6 heteroatoms. The van der Waals surface area contributed by atoms with Crippen molar-refractivity contribution >= 4 is 5.82 Å². The second-order valence-electron chi connectivity index (χ2n) is 2.66. The van der Waals surface area contributed by atoms with Crippen molar-refractivity contribution in [2.45, 2.75) is 13.1 Å². The van der Waals surface area contributed by atoms with E-state index in [1.807, 2.05) is 6.20 Å². The molecule has 0 radical (unpaired) electrons. The topological polar surface area (TPSA) is 74.5 Å². The van der Waals surface area contributed by atoms with Crippen molar-refractivity contribution in [3.63, 3.8) is 0 Å². The number of nitrogen functional groups attached to an aromatic ring is 1. The van der Waals surface area contributed by atoms with Crippen molar-refractivity contribution < 1.29 is 0 Å². The Bertz CT molecular complexity index is 362. The van der Waals surface area contributed by atoms with E-state index in [0.717, 1.165) is 13.1 Å². The molecule has 2 aromatic rings. The van der Waals surface area contributed by atoms with Gasteiger partial charge in [0.1, 0.15) is 18.5 Å². The van der Waals surface area contributed by atoms with E-state index < -0.39 is 0 Å². The molecule has 0 unspecified atom stereocenters. The van der Waals surface area contributed by atoms with Crippen molar-refractivity contribution in [3.05, 3.63) is 24.9 Å². The van der Waals surface area contributed by atoms with E-state index >= 15 is 0 Å². The highest BCUT2D eigenvalue weighted by atomic mass is 15.3. The van der Waals surface area contributed by atoms with Crippen LogP contribution in [0.2, 0.25) is 0 Å². The Labute approximate surface area is 75.0 Å². The summed E-state index contributed by atoms with van der Waals surface area (Å²) in [7, 11) is 0. The van der Waals surface area contributed by atoms with Gasteiger partial charge < -0.3 is 5.73 Å². The van der Waals surface area contributed by atoms with Gasteiger partial charge in [0.2, 0.25) is 0 Å². The predicted octanol–water partition coefficient (Wildman–Crippen LogP) is -0.243. The molecular weight excluding hydrogens is 168 g/mol. The number of nitrogens with zero attached hydrogens (tertiary/aromatic N) is 5. The lowest BCUT2D eigenvalue weighted by molar-refractivity contribution is 0.500. The number of hydrogen-bond donors (Lipinski definition) is 1. The summed E-state index contributed by atoms with van der Waals surface area (Å²) in [5.41, 5.74) is 5.46. The zero-order valence-electron chi connectivity index (χ0n) is 7.04. The summed E-state index contributed by atoms with van der Waals surface area (Å²) in [6.45, 7) is 1.50. The molecule has 2 heterocycles. The molecule has 2 N–H and O–H groups in total. The molecule has 0 amide bonds. The summed E-state index contributed by atoms with van der Waals surface area (Å²) in [5, 5.41) is 8.01. The van der Waals surface area contributed by atoms with Gasteiger partial charge in [-0.15, -0.1) is 0 Å². The second-order valence-corrected chi connectivity index (χ2v) is 2.66. The largest absolute Gasteiger partial charge is 0.382 e. The highest BCUT2D eigenvalue weighted by Crippen LogP contribution is 1.95. The Hall–Kier alpha value is -1.85. The van der Waals surface area contributed by atoms with E-state index in [2.05, 4.69) is 15.2 Å². The van der Waals surface area contributed by atoms with Crippen LogP contribution in [0.25, 0.3) is 0 Å². The highest BCUT2D eigenvalue weighted by Gasteiger charge is 1.95. The van der Waals surface area contributed by atoms with Crippen LogP contribution in [0.5, 0.6) is 0 Å². The molecule has 13 heavy (non-hydrogen) atoms. The quantitative estimate of drug-likeness (QED) is 0.703. The number of nitrogens with two attached hydrogens (primary N) is 1. The van der Waals surface area contributed by atoms with Gasteiger partial charge in [0.15, 0.2) is 0 Å². The smallest absolute Gasteiger partial charge is 0.145 e. The SMILES string of the molecule is Nc1ccn(CCn2cncn2)n1. The molecule has 68 valence electrons. The maximum atomic E-state index is 5.46. The van der Waals surface area contributed by atoms with Gasteiger partial charge in [-0.2, -0.15) is 10.2 Å². The van der Waals surface area contributed by atoms with E-state index in [0.29, 0.717) is 5.82 Å².